The lowest BCUT2D eigenvalue weighted by atomic mass is 9.57. The Morgan fingerprint density at radius 3 is 2.30 bits per heavy atom. The normalized spacial score (nSPS) is 24.5. The average Bonchev–Trinajstić information content (AvgIpc) is 2.93. The predicted molar refractivity (Wildman–Crippen MR) is 160 cm³/mol. The van der Waals surface area contributed by atoms with E-state index in [1.165, 1.54) is 49.3 Å². The maximum atomic E-state index is 14.1. The molecule has 13 nitrogen and oxygen atoms in total. The number of amides is 2. The third-order valence-electron chi connectivity index (χ3n) is 8.51. The zero-order valence-electron chi connectivity index (χ0n) is 24.4. The summed E-state index contributed by atoms with van der Waals surface area (Å²) < 4.78 is 5.26. The Labute approximate surface area is 253 Å². The van der Waals surface area contributed by atoms with Crippen LogP contribution in [0.2, 0.25) is 0 Å². The molecule has 14 heteroatoms. The van der Waals surface area contributed by atoms with Crippen LogP contribution in [0, 0.1) is 11.8 Å². The van der Waals surface area contributed by atoms with Crippen molar-refractivity contribution in [3.8, 4) is 11.5 Å². The largest absolute Gasteiger partial charge is 0.508 e. The Morgan fingerprint density at radius 2 is 1.73 bits per heavy atom. The zero-order valence-corrected chi connectivity index (χ0v) is 24.4. The highest BCUT2D eigenvalue weighted by Crippen LogP contribution is 2.54. The number of phenols is 1. The van der Waals surface area contributed by atoms with Gasteiger partial charge in [0.2, 0.25) is 5.78 Å². The first-order valence-corrected chi connectivity index (χ1v) is 13.6. The molecule has 228 valence electrons. The summed E-state index contributed by atoms with van der Waals surface area (Å²) in [5.41, 5.74) is 2.48. The first kappa shape index (κ1) is 30.6. The number of anilines is 2. The molecule has 0 saturated heterocycles. The third kappa shape index (κ3) is 4.57. The van der Waals surface area contributed by atoms with Gasteiger partial charge in [-0.25, -0.2) is 4.79 Å². The minimum atomic E-state index is -2.76. The summed E-state index contributed by atoms with van der Waals surface area (Å²) in [5, 5.41) is 48.1. The van der Waals surface area contributed by atoms with E-state index in [4.69, 9.17) is 18.3 Å². The van der Waals surface area contributed by atoms with Gasteiger partial charge in [-0.15, -0.1) is 0 Å². The highest BCUT2D eigenvalue weighted by atomic mass is 16.6. The van der Waals surface area contributed by atoms with E-state index in [0.29, 0.717) is 16.7 Å². The van der Waals surface area contributed by atoms with Gasteiger partial charge in [-0.05, 0) is 56.6 Å². The van der Waals surface area contributed by atoms with Gasteiger partial charge in [-0.3, -0.25) is 24.6 Å². The summed E-state index contributed by atoms with van der Waals surface area (Å²) in [6.07, 6.45) is -0.920. The number of nitrogens with zero attached hydrogens (tertiary/aromatic N) is 2. The lowest BCUT2D eigenvalue weighted by molar-refractivity contribution is -0.153. The number of benzene rings is 2. The molecule has 0 aromatic heterocycles. The Hall–Kier alpha value is -4.82. The van der Waals surface area contributed by atoms with E-state index in [0.717, 1.165) is 0 Å². The van der Waals surface area contributed by atoms with Gasteiger partial charge in [0.25, 0.3) is 5.91 Å². The number of carbonyl (C=O) groups is 4. The second-order valence-corrected chi connectivity index (χ2v) is 11.6. The number of carbonyl (C=O) groups excluding carboxylic acids is 4. The molecule has 1 fully saturated rings. The number of phenolic OH excluding ortho intramolecular Hbond substituents is 1. The molecule has 0 unspecified atom stereocenters. The van der Waals surface area contributed by atoms with Gasteiger partial charge in [0.15, 0.2) is 17.1 Å². The standard InChI is InChI=1S/C30H31BN4O9/c1-34(2)18-11-17(33-29(42)44-14-7-5-13(31)6-8-14)23(36)20-15(18)9-12-10-16-22(35(3)4)25(38)21(28(32)41)27(40)30(16,43)26(39)19(12)24(20)37/h5-8,11-12,16,22,36-37,40,43H,9-10H2,1-4H3,(H2,32,41)(H,33,42)/t12-,16-,22-,30-/m0/s1. The molecule has 0 heterocycles. The first-order chi connectivity index (χ1) is 20.6. The second kappa shape index (κ2) is 10.7. The van der Waals surface area contributed by atoms with Gasteiger partial charge < -0.3 is 35.8 Å². The molecule has 7 N–H and O–H groups in total. The van der Waals surface area contributed by atoms with Crippen LogP contribution in [-0.2, 0) is 20.8 Å². The number of primary amides is 1. The van der Waals surface area contributed by atoms with Crippen LogP contribution in [0.4, 0.5) is 16.2 Å². The van der Waals surface area contributed by atoms with Gasteiger partial charge in [-0.1, -0.05) is 17.6 Å². The predicted octanol–water partition coefficient (Wildman–Crippen LogP) is 0.435. The molecule has 44 heavy (non-hydrogen) atoms. The van der Waals surface area contributed by atoms with Crippen molar-refractivity contribution in [3.05, 3.63) is 58.4 Å². The number of hydrogen-bond donors (Lipinski definition) is 6. The highest BCUT2D eigenvalue weighted by molar-refractivity contribution is 6.32. The second-order valence-electron chi connectivity index (χ2n) is 11.6. The van der Waals surface area contributed by atoms with Crippen LogP contribution in [-0.4, -0.2) is 96.6 Å². The number of nitrogens with one attached hydrogen (secondary N) is 1. The summed E-state index contributed by atoms with van der Waals surface area (Å²) >= 11 is 0. The summed E-state index contributed by atoms with van der Waals surface area (Å²) in [6.45, 7) is 0. The number of aliphatic hydroxyl groups excluding tert-OH is 2. The minimum absolute atomic E-state index is 0.0483. The molecular formula is C30H31BN4O9. The molecule has 2 amide bonds. The SMILES string of the molecule is [B]c1ccc(OC(=O)Nc2cc(N(C)C)c3c(c2O)C(O)=C2C(=O)[C@]4(O)C(O)=C(C(N)=O)C(=O)[C@@H](N(C)C)[C@@H]4C[C@@H]2C3)cc1. The third-order valence-corrected chi connectivity index (χ3v) is 8.51. The van der Waals surface area contributed by atoms with Gasteiger partial charge in [0.1, 0.15) is 30.7 Å². The average molecular weight is 602 g/mol. The van der Waals surface area contributed by atoms with E-state index in [-0.39, 0.29) is 35.4 Å². The van der Waals surface area contributed by atoms with Crippen LogP contribution in [0.5, 0.6) is 11.5 Å². The van der Waals surface area contributed by atoms with Crippen molar-refractivity contribution in [1.29, 1.82) is 0 Å². The number of rotatable bonds is 5. The van der Waals surface area contributed by atoms with Crippen molar-refractivity contribution in [1.82, 2.24) is 4.90 Å². The molecule has 0 aliphatic heterocycles. The Kier molecular flexibility index (Phi) is 7.46. The van der Waals surface area contributed by atoms with Crippen molar-refractivity contribution >= 4 is 54.0 Å². The number of nitrogens with two attached hydrogens (primary N) is 1. The maximum absolute atomic E-state index is 14.1. The number of hydrogen-bond acceptors (Lipinski definition) is 11. The number of likely N-dealkylation sites (N-methyl/N-ethyl adjacent to an activating group) is 1. The maximum Gasteiger partial charge on any atom is 0.417 e. The van der Waals surface area contributed by atoms with Gasteiger partial charge in [0, 0.05) is 31.3 Å². The topological polar surface area (TPSA) is 203 Å². The molecule has 5 rings (SSSR count). The highest BCUT2D eigenvalue weighted by Gasteiger charge is 2.64. The molecule has 2 aromatic carbocycles. The van der Waals surface area contributed by atoms with E-state index in [1.54, 1.807) is 19.0 Å². The monoisotopic (exact) mass is 602 g/mol. The van der Waals surface area contributed by atoms with Crippen LogP contribution < -0.4 is 26.2 Å². The summed E-state index contributed by atoms with van der Waals surface area (Å²) in [7, 11) is 12.1. The smallest absolute Gasteiger partial charge is 0.417 e. The van der Waals surface area contributed by atoms with Crippen LogP contribution in [0.1, 0.15) is 17.5 Å². The van der Waals surface area contributed by atoms with E-state index >= 15 is 0 Å². The fourth-order valence-electron chi connectivity index (χ4n) is 6.56. The Balaban J connectivity index is 1.63. The molecular weight excluding hydrogens is 571 g/mol. The molecule has 0 spiro atoms. The van der Waals surface area contributed by atoms with Crippen LogP contribution >= 0.6 is 0 Å². The zero-order chi connectivity index (χ0) is 32.4. The minimum Gasteiger partial charge on any atom is -0.508 e. The van der Waals surface area contributed by atoms with Crippen molar-refractivity contribution in [2.45, 2.75) is 24.5 Å². The van der Waals surface area contributed by atoms with Crippen LogP contribution in [0.15, 0.2) is 47.2 Å². The van der Waals surface area contributed by atoms with Crippen LogP contribution in [0.25, 0.3) is 5.76 Å². The Morgan fingerprint density at radius 1 is 1.09 bits per heavy atom. The number of aromatic hydroxyl groups is 1. The molecule has 4 atom stereocenters. The number of fused-ring (bicyclic) bond motifs is 3. The van der Waals surface area contributed by atoms with Gasteiger partial charge >= 0.3 is 6.09 Å². The van der Waals surface area contributed by atoms with Crippen molar-refractivity contribution in [2.75, 3.05) is 38.4 Å². The van der Waals surface area contributed by atoms with Crippen LogP contribution in [0.3, 0.4) is 0 Å². The molecule has 2 aromatic rings. The summed E-state index contributed by atoms with van der Waals surface area (Å²) in [4.78, 5) is 55.3. The van der Waals surface area contributed by atoms with E-state index in [1.807, 2.05) is 0 Å². The number of ether oxygens (including phenoxy) is 1. The molecule has 1 saturated carbocycles. The molecule has 3 aliphatic rings. The number of aliphatic hydroxyl groups is 3. The van der Waals surface area contributed by atoms with Crippen molar-refractivity contribution in [3.63, 3.8) is 0 Å². The Bertz CT molecular complexity index is 1680. The fourth-order valence-corrected chi connectivity index (χ4v) is 6.56. The number of Topliss-reactive ketones (excluding diaryl/α,β-unsaturated/α-hetero) is 2. The quantitative estimate of drug-likeness (QED) is 0.157. The fraction of sp³-hybridized carbons (Fsp3) is 0.333. The van der Waals surface area contributed by atoms with Gasteiger partial charge in [0.05, 0.1) is 17.3 Å². The lowest BCUT2D eigenvalue weighted by Crippen LogP contribution is -2.65. The molecule has 3 aliphatic carbocycles. The van der Waals surface area contributed by atoms with E-state index in [9.17, 15) is 39.6 Å². The van der Waals surface area contributed by atoms with Crippen molar-refractivity contribution in [2.24, 2.45) is 17.6 Å². The van der Waals surface area contributed by atoms with E-state index in [2.05, 4.69) is 5.32 Å². The van der Waals surface area contributed by atoms with Gasteiger partial charge in [-0.2, -0.15) is 0 Å². The summed E-state index contributed by atoms with van der Waals surface area (Å²) in [6, 6.07) is 6.31. The first-order valence-electron chi connectivity index (χ1n) is 13.6. The molecule has 2 radical (unpaired) electrons. The van der Waals surface area contributed by atoms with E-state index < -0.39 is 69.9 Å². The lowest BCUT2D eigenvalue weighted by Gasteiger charge is -2.50. The summed E-state index contributed by atoms with van der Waals surface area (Å²) in [5.74, 6) is -7.47. The molecule has 0 bridgehead atoms. The number of ketones is 2. The van der Waals surface area contributed by atoms with Crippen molar-refractivity contribution < 1.29 is 44.3 Å².